The zero-order valence-corrected chi connectivity index (χ0v) is 14.2. The average Bonchev–Trinajstić information content (AvgIpc) is 2.42. The lowest BCUT2D eigenvalue weighted by molar-refractivity contribution is 0.0490. The molecule has 0 unspecified atom stereocenters. The van der Waals surface area contributed by atoms with E-state index in [-0.39, 0.29) is 12.0 Å². The third kappa shape index (κ3) is 4.91. The van der Waals surface area contributed by atoms with Crippen LogP contribution in [-0.2, 0) is 4.74 Å². The SMILES string of the molecule is Cc1cc([C@H]2CCC[C@@H](NC(=O)OC(C)(C)C)C2)cc(F)c1F. The smallest absolute Gasteiger partial charge is 0.407 e. The van der Waals surface area contributed by atoms with Gasteiger partial charge in [-0.2, -0.15) is 0 Å². The maximum absolute atomic E-state index is 13.6. The van der Waals surface area contributed by atoms with Crippen LogP contribution in [0.25, 0.3) is 0 Å². The van der Waals surface area contributed by atoms with Gasteiger partial charge in [0, 0.05) is 6.04 Å². The molecule has 1 aliphatic rings. The maximum Gasteiger partial charge on any atom is 0.407 e. The lowest BCUT2D eigenvalue weighted by Crippen LogP contribution is -2.41. The molecule has 0 saturated heterocycles. The Morgan fingerprint density at radius 1 is 1.26 bits per heavy atom. The van der Waals surface area contributed by atoms with E-state index < -0.39 is 23.3 Å². The van der Waals surface area contributed by atoms with Gasteiger partial charge in [0.05, 0.1) is 0 Å². The van der Waals surface area contributed by atoms with Crippen LogP contribution in [0, 0.1) is 18.6 Å². The minimum Gasteiger partial charge on any atom is -0.444 e. The largest absolute Gasteiger partial charge is 0.444 e. The molecule has 3 nitrogen and oxygen atoms in total. The van der Waals surface area contributed by atoms with Crippen molar-refractivity contribution in [3.05, 3.63) is 34.9 Å². The molecule has 1 aliphatic carbocycles. The molecule has 0 aliphatic heterocycles. The van der Waals surface area contributed by atoms with Gasteiger partial charge >= 0.3 is 6.09 Å². The summed E-state index contributed by atoms with van der Waals surface area (Å²) in [6.45, 7) is 7.03. The Hall–Kier alpha value is -1.65. The summed E-state index contributed by atoms with van der Waals surface area (Å²) in [5.41, 5.74) is 0.592. The van der Waals surface area contributed by atoms with Crippen LogP contribution >= 0.6 is 0 Å². The van der Waals surface area contributed by atoms with Crippen LogP contribution in [0.3, 0.4) is 0 Å². The number of amides is 1. The molecule has 1 aromatic carbocycles. The summed E-state index contributed by atoms with van der Waals surface area (Å²) in [6.07, 6.45) is 3.01. The summed E-state index contributed by atoms with van der Waals surface area (Å²) in [7, 11) is 0. The molecule has 0 heterocycles. The number of hydrogen-bond acceptors (Lipinski definition) is 2. The topological polar surface area (TPSA) is 38.3 Å². The van der Waals surface area contributed by atoms with E-state index in [4.69, 9.17) is 4.74 Å². The second-order valence-corrected chi connectivity index (χ2v) is 7.34. The maximum atomic E-state index is 13.6. The third-order valence-electron chi connectivity index (χ3n) is 4.10. The second-order valence-electron chi connectivity index (χ2n) is 7.34. The van der Waals surface area contributed by atoms with E-state index in [0.717, 1.165) is 24.8 Å². The van der Waals surface area contributed by atoms with Crippen molar-refractivity contribution in [2.75, 3.05) is 0 Å². The molecular weight excluding hydrogens is 300 g/mol. The number of nitrogens with one attached hydrogen (secondary N) is 1. The minimum absolute atomic E-state index is 0.00276. The van der Waals surface area contributed by atoms with Crippen molar-refractivity contribution in [1.29, 1.82) is 0 Å². The van der Waals surface area contributed by atoms with E-state index in [1.807, 2.05) is 20.8 Å². The summed E-state index contributed by atoms with van der Waals surface area (Å²) in [4.78, 5) is 11.9. The Morgan fingerprint density at radius 3 is 2.57 bits per heavy atom. The van der Waals surface area contributed by atoms with Crippen molar-refractivity contribution in [1.82, 2.24) is 5.32 Å². The molecule has 0 spiro atoms. The van der Waals surface area contributed by atoms with Crippen LogP contribution in [0.2, 0.25) is 0 Å². The predicted octanol–water partition coefficient (Wildman–Crippen LogP) is 4.82. The number of aryl methyl sites for hydroxylation is 1. The highest BCUT2D eigenvalue weighted by atomic mass is 19.2. The van der Waals surface area contributed by atoms with Gasteiger partial charge in [-0.05, 0) is 70.1 Å². The first-order valence-electron chi connectivity index (χ1n) is 8.11. The van der Waals surface area contributed by atoms with Gasteiger partial charge in [-0.3, -0.25) is 0 Å². The molecule has 1 fully saturated rings. The molecule has 0 aromatic heterocycles. The van der Waals surface area contributed by atoms with Crippen molar-refractivity contribution >= 4 is 6.09 Å². The van der Waals surface area contributed by atoms with E-state index in [0.29, 0.717) is 12.0 Å². The van der Waals surface area contributed by atoms with Gasteiger partial charge in [-0.15, -0.1) is 0 Å². The van der Waals surface area contributed by atoms with Gasteiger partial charge in [-0.25, -0.2) is 13.6 Å². The quantitative estimate of drug-likeness (QED) is 0.846. The summed E-state index contributed by atoms with van der Waals surface area (Å²) >= 11 is 0. The van der Waals surface area contributed by atoms with Crippen molar-refractivity contribution in [3.8, 4) is 0 Å². The summed E-state index contributed by atoms with van der Waals surface area (Å²) in [6, 6.07) is 2.99. The zero-order chi connectivity index (χ0) is 17.2. The van der Waals surface area contributed by atoms with Gasteiger partial charge in [0.25, 0.3) is 0 Å². The van der Waals surface area contributed by atoms with Crippen LogP contribution in [0.4, 0.5) is 13.6 Å². The molecule has 1 N–H and O–H groups in total. The first-order chi connectivity index (χ1) is 10.7. The monoisotopic (exact) mass is 325 g/mol. The lowest BCUT2D eigenvalue weighted by Gasteiger charge is -2.31. The van der Waals surface area contributed by atoms with Crippen molar-refractivity contribution in [2.45, 2.75) is 70.9 Å². The van der Waals surface area contributed by atoms with Crippen molar-refractivity contribution < 1.29 is 18.3 Å². The Kier molecular flexibility index (Phi) is 5.27. The Bertz CT molecular complexity index is 558. The first-order valence-corrected chi connectivity index (χ1v) is 8.11. The van der Waals surface area contributed by atoms with Crippen LogP contribution in [0.1, 0.15) is 63.5 Å². The average molecular weight is 325 g/mol. The number of carbonyl (C=O) groups excluding carboxylic acids is 1. The first kappa shape index (κ1) is 17.7. The van der Waals surface area contributed by atoms with Gasteiger partial charge in [-0.1, -0.05) is 12.5 Å². The van der Waals surface area contributed by atoms with Crippen LogP contribution in [0.15, 0.2) is 12.1 Å². The highest BCUT2D eigenvalue weighted by Gasteiger charge is 2.27. The summed E-state index contributed by atoms with van der Waals surface area (Å²) < 4.78 is 32.3. The number of alkyl carbamates (subject to hydrolysis) is 1. The fourth-order valence-electron chi connectivity index (χ4n) is 3.09. The van der Waals surface area contributed by atoms with E-state index >= 15 is 0 Å². The fraction of sp³-hybridized carbons (Fsp3) is 0.611. The zero-order valence-electron chi connectivity index (χ0n) is 14.2. The van der Waals surface area contributed by atoms with Gasteiger partial charge in [0.15, 0.2) is 11.6 Å². The predicted molar refractivity (Wildman–Crippen MR) is 85.5 cm³/mol. The number of rotatable bonds is 2. The van der Waals surface area contributed by atoms with Gasteiger partial charge in [0.2, 0.25) is 0 Å². The van der Waals surface area contributed by atoms with E-state index in [2.05, 4.69) is 5.32 Å². The number of ether oxygens (including phenoxy) is 1. The van der Waals surface area contributed by atoms with Crippen molar-refractivity contribution in [3.63, 3.8) is 0 Å². The Morgan fingerprint density at radius 2 is 1.96 bits per heavy atom. The molecule has 2 rings (SSSR count). The molecular formula is C18H25F2NO2. The van der Waals surface area contributed by atoms with Crippen molar-refractivity contribution in [2.24, 2.45) is 0 Å². The molecule has 1 saturated carbocycles. The van der Waals surface area contributed by atoms with Gasteiger partial charge < -0.3 is 10.1 Å². The minimum atomic E-state index is -0.803. The number of hydrogen-bond donors (Lipinski definition) is 1. The van der Waals surface area contributed by atoms with E-state index in [1.165, 1.54) is 6.07 Å². The standard InChI is InChI=1S/C18H25F2NO2/c1-11-8-13(10-15(19)16(11)20)12-6-5-7-14(9-12)21-17(22)23-18(2,3)4/h8,10,12,14H,5-7,9H2,1-4H3,(H,21,22)/t12-,14+/m0/s1. The van der Waals surface area contributed by atoms with Crippen LogP contribution in [0.5, 0.6) is 0 Å². The van der Waals surface area contributed by atoms with E-state index in [1.54, 1.807) is 13.0 Å². The highest BCUT2D eigenvalue weighted by molar-refractivity contribution is 5.68. The molecule has 128 valence electrons. The second kappa shape index (κ2) is 6.85. The normalized spacial score (nSPS) is 21.8. The molecule has 23 heavy (non-hydrogen) atoms. The van der Waals surface area contributed by atoms with E-state index in [9.17, 15) is 13.6 Å². The Labute approximate surface area is 136 Å². The molecule has 0 bridgehead atoms. The lowest BCUT2D eigenvalue weighted by atomic mass is 9.81. The van der Waals surface area contributed by atoms with Gasteiger partial charge in [0.1, 0.15) is 5.60 Å². The van der Waals surface area contributed by atoms with Crippen LogP contribution in [-0.4, -0.2) is 17.7 Å². The number of carbonyl (C=O) groups is 1. The summed E-state index contributed by atoms with van der Waals surface area (Å²) in [5, 5.41) is 2.89. The molecule has 5 heteroatoms. The molecule has 0 radical (unpaired) electrons. The van der Waals surface area contributed by atoms with Crippen LogP contribution < -0.4 is 5.32 Å². The number of halogens is 2. The highest BCUT2D eigenvalue weighted by Crippen LogP contribution is 2.34. The third-order valence-corrected chi connectivity index (χ3v) is 4.10. The number of benzene rings is 1. The fourth-order valence-corrected chi connectivity index (χ4v) is 3.09. The molecule has 1 aromatic rings. The summed E-state index contributed by atoms with van der Waals surface area (Å²) in [5.74, 6) is -1.47. The Balaban J connectivity index is 2.02. The molecule has 1 amide bonds. The molecule has 2 atom stereocenters.